The maximum absolute atomic E-state index is 13.1. The summed E-state index contributed by atoms with van der Waals surface area (Å²) < 4.78 is 33.7. The van der Waals surface area contributed by atoms with E-state index in [9.17, 15) is 13.2 Å². The zero-order valence-corrected chi connectivity index (χ0v) is 22.8. The van der Waals surface area contributed by atoms with Crippen molar-refractivity contribution in [1.82, 2.24) is 24.6 Å². The van der Waals surface area contributed by atoms with Crippen LogP contribution in [0.1, 0.15) is 39.7 Å². The van der Waals surface area contributed by atoms with Crippen molar-refractivity contribution < 1.29 is 17.9 Å². The molecule has 2 aromatic carbocycles. The first kappa shape index (κ1) is 25.3. The molecule has 3 heterocycles. The molecule has 2 N–H and O–H groups in total. The third-order valence-corrected chi connectivity index (χ3v) is 9.19. The number of nitrogen functional groups attached to an aromatic ring is 1. The van der Waals surface area contributed by atoms with E-state index in [0.717, 1.165) is 12.8 Å². The molecule has 1 saturated carbocycles. The van der Waals surface area contributed by atoms with Gasteiger partial charge in [-0.1, -0.05) is 30.3 Å². The van der Waals surface area contributed by atoms with Gasteiger partial charge in [0.25, 0.3) is 0 Å². The minimum absolute atomic E-state index is 0.0737. The molecule has 2 fully saturated rings. The summed E-state index contributed by atoms with van der Waals surface area (Å²) in [5.41, 5.74) is 7.58. The van der Waals surface area contributed by atoms with Crippen molar-refractivity contribution in [1.29, 1.82) is 0 Å². The maximum Gasteiger partial charge on any atom is 0.410 e. The summed E-state index contributed by atoms with van der Waals surface area (Å²) in [6.07, 6.45) is 2.82. The van der Waals surface area contributed by atoms with E-state index in [1.807, 2.05) is 30.4 Å². The Labute approximate surface area is 226 Å². The Morgan fingerprint density at radius 3 is 2.31 bits per heavy atom. The van der Waals surface area contributed by atoms with E-state index in [2.05, 4.69) is 9.97 Å². The number of rotatable bonds is 4. The van der Waals surface area contributed by atoms with Crippen molar-refractivity contribution in [3.8, 4) is 11.3 Å². The lowest BCUT2D eigenvalue weighted by Crippen LogP contribution is -2.45. The van der Waals surface area contributed by atoms with E-state index >= 15 is 0 Å². The second-order valence-electron chi connectivity index (χ2n) is 11.2. The molecule has 1 saturated heterocycles. The van der Waals surface area contributed by atoms with Gasteiger partial charge in [0.1, 0.15) is 23.4 Å². The topological polar surface area (TPSA) is 133 Å². The number of hydrogen-bond donors (Lipinski definition) is 1. The number of amides is 1. The van der Waals surface area contributed by atoms with Gasteiger partial charge in [0.05, 0.1) is 27.3 Å². The molecular formula is C28H30N6O4S. The molecule has 0 spiro atoms. The minimum atomic E-state index is -3.65. The van der Waals surface area contributed by atoms with Crippen molar-refractivity contribution in [3.63, 3.8) is 0 Å². The molecule has 1 aliphatic carbocycles. The number of likely N-dealkylation sites (tertiary alicyclic amines) is 1. The van der Waals surface area contributed by atoms with E-state index < -0.39 is 15.4 Å². The van der Waals surface area contributed by atoms with Crippen LogP contribution in [0.4, 0.5) is 10.6 Å². The number of carbonyl (C=O) groups excluding carboxylic acids is 1. The van der Waals surface area contributed by atoms with Crippen molar-refractivity contribution in [2.24, 2.45) is 5.92 Å². The lowest BCUT2D eigenvalue weighted by molar-refractivity contribution is 0.0135. The molecule has 10 nitrogen and oxygen atoms in total. The molecule has 6 rings (SSSR count). The summed E-state index contributed by atoms with van der Waals surface area (Å²) in [5, 5.41) is 5.55. The van der Waals surface area contributed by atoms with Gasteiger partial charge in [-0.2, -0.15) is 5.10 Å². The number of ether oxygens (including phenoxy) is 1. The number of carbonyl (C=O) groups is 1. The number of anilines is 1. The summed E-state index contributed by atoms with van der Waals surface area (Å²) >= 11 is 0. The highest BCUT2D eigenvalue weighted by Crippen LogP contribution is 2.46. The van der Waals surface area contributed by atoms with Gasteiger partial charge in [-0.05, 0) is 63.8 Å². The normalized spacial score (nSPS) is 21.0. The lowest BCUT2D eigenvalue weighted by atomic mass is 10.1. The number of nitrogens with zero attached hydrogens (tertiary/aromatic N) is 5. The third-order valence-electron chi connectivity index (χ3n) is 7.40. The van der Waals surface area contributed by atoms with Crippen LogP contribution in [0.2, 0.25) is 0 Å². The number of benzene rings is 2. The number of hydrogen-bond acceptors (Lipinski definition) is 8. The standard InChI is InChI=1S/C28H30N6O4S/c1-28(2,3)38-27(35)33-15-17-13-21(33)22(14-17)34-26-23(25(29)30-16-31-26)24(32-34)18-9-11-20(12-10-18)39(36,37)19-7-5-4-6-8-19/h4-12,16-17,21-22H,13-15H2,1-3H3,(H2,29,30,31). The van der Waals surface area contributed by atoms with E-state index in [1.165, 1.54) is 6.33 Å². The molecule has 3 unspecified atom stereocenters. The lowest BCUT2D eigenvalue weighted by Gasteiger charge is -2.34. The van der Waals surface area contributed by atoms with E-state index in [0.29, 0.717) is 34.8 Å². The fourth-order valence-corrected chi connectivity index (χ4v) is 7.02. The Balaban J connectivity index is 1.37. The minimum Gasteiger partial charge on any atom is -0.444 e. The SMILES string of the molecule is CC(C)(C)OC(=O)N1CC2CC1C(n1nc(-c3ccc(S(=O)(=O)c4ccccc4)cc3)c3c(N)ncnc31)C2. The van der Waals surface area contributed by atoms with Gasteiger partial charge in [-0.15, -0.1) is 0 Å². The zero-order valence-electron chi connectivity index (χ0n) is 22.0. The second-order valence-corrected chi connectivity index (χ2v) is 13.1. The molecule has 0 radical (unpaired) electrons. The van der Waals surface area contributed by atoms with Crippen molar-refractivity contribution in [2.75, 3.05) is 12.3 Å². The number of aromatic nitrogens is 4. The zero-order chi connectivity index (χ0) is 27.5. The Morgan fingerprint density at radius 1 is 0.974 bits per heavy atom. The fraction of sp³-hybridized carbons (Fsp3) is 0.357. The van der Waals surface area contributed by atoms with Crippen LogP contribution in [0, 0.1) is 5.92 Å². The molecule has 2 bridgehead atoms. The smallest absolute Gasteiger partial charge is 0.410 e. The van der Waals surface area contributed by atoms with Gasteiger partial charge in [0, 0.05) is 12.1 Å². The molecule has 3 atom stereocenters. The van der Waals surface area contributed by atoms with Crippen LogP contribution in [0.3, 0.4) is 0 Å². The summed E-state index contributed by atoms with van der Waals surface area (Å²) in [6.45, 7) is 6.25. The Hall–Kier alpha value is -3.99. The predicted molar refractivity (Wildman–Crippen MR) is 146 cm³/mol. The van der Waals surface area contributed by atoms with Gasteiger partial charge in [-0.3, -0.25) is 0 Å². The second kappa shape index (κ2) is 9.04. The molecule has 11 heteroatoms. The largest absolute Gasteiger partial charge is 0.444 e. The van der Waals surface area contributed by atoms with Crippen LogP contribution in [-0.2, 0) is 14.6 Å². The summed E-state index contributed by atoms with van der Waals surface area (Å²) in [5.74, 6) is 0.631. The molecule has 39 heavy (non-hydrogen) atoms. The molecule has 4 aromatic rings. The predicted octanol–water partition coefficient (Wildman–Crippen LogP) is 4.48. The summed E-state index contributed by atoms with van der Waals surface area (Å²) in [6, 6.07) is 14.7. The van der Waals surface area contributed by atoms with Crippen LogP contribution in [0.25, 0.3) is 22.3 Å². The first-order valence-electron chi connectivity index (χ1n) is 12.9. The van der Waals surface area contributed by atoms with E-state index in [1.54, 1.807) is 54.6 Å². The average molecular weight is 547 g/mol. The highest BCUT2D eigenvalue weighted by atomic mass is 32.2. The number of fused-ring (bicyclic) bond motifs is 3. The average Bonchev–Trinajstić information content (AvgIpc) is 3.62. The Bertz CT molecular complexity index is 1660. The van der Waals surface area contributed by atoms with Gasteiger partial charge in [0.2, 0.25) is 9.84 Å². The fourth-order valence-electron chi connectivity index (χ4n) is 5.74. The first-order valence-corrected chi connectivity index (χ1v) is 14.4. The molecule has 2 aromatic heterocycles. The van der Waals surface area contributed by atoms with E-state index in [-0.39, 0.29) is 33.8 Å². The van der Waals surface area contributed by atoms with Crippen LogP contribution in [0.5, 0.6) is 0 Å². The summed E-state index contributed by atoms with van der Waals surface area (Å²) in [4.78, 5) is 23.9. The van der Waals surface area contributed by atoms with E-state index in [4.69, 9.17) is 15.6 Å². The number of nitrogens with two attached hydrogens (primary N) is 1. The van der Waals surface area contributed by atoms with Crippen LogP contribution in [0.15, 0.2) is 70.7 Å². The Morgan fingerprint density at radius 2 is 1.64 bits per heavy atom. The quantitative estimate of drug-likeness (QED) is 0.396. The molecule has 202 valence electrons. The van der Waals surface area contributed by atoms with Gasteiger partial charge in [0.15, 0.2) is 5.65 Å². The number of piperidine rings is 1. The van der Waals surface area contributed by atoms with Crippen LogP contribution >= 0.6 is 0 Å². The van der Waals surface area contributed by atoms with Gasteiger partial charge >= 0.3 is 6.09 Å². The highest BCUT2D eigenvalue weighted by Gasteiger charge is 2.50. The monoisotopic (exact) mass is 546 g/mol. The van der Waals surface area contributed by atoms with Gasteiger partial charge < -0.3 is 15.4 Å². The van der Waals surface area contributed by atoms with Crippen LogP contribution < -0.4 is 5.73 Å². The molecule has 1 amide bonds. The van der Waals surface area contributed by atoms with Crippen molar-refractivity contribution >= 4 is 32.8 Å². The third kappa shape index (κ3) is 4.40. The highest BCUT2D eigenvalue weighted by molar-refractivity contribution is 7.91. The van der Waals surface area contributed by atoms with Crippen molar-refractivity contribution in [3.05, 3.63) is 60.9 Å². The first-order chi connectivity index (χ1) is 18.5. The molecule has 1 aliphatic heterocycles. The van der Waals surface area contributed by atoms with Crippen molar-refractivity contribution in [2.45, 2.75) is 61.1 Å². The van der Waals surface area contributed by atoms with Crippen LogP contribution in [-0.4, -0.2) is 57.3 Å². The molecule has 2 aliphatic rings. The Kier molecular flexibility index (Phi) is 5.87. The molecular weight excluding hydrogens is 516 g/mol. The number of sulfone groups is 1. The summed E-state index contributed by atoms with van der Waals surface area (Å²) in [7, 11) is -3.65. The maximum atomic E-state index is 13.1. The van der Waals surface area contributed by atoms with Gasteiger partial charge in [-0.25, -0.2) is 27.9 Å².